The third-order valence-electron chi connectivity index (χ3n) is 5.85. The molecule has 0 amide bonds. The van der Waals surface area contributed by atoms with Gasteiger partial charge < -0.3 is 9.47 Å². The number of nitrogens with one attached hydrogen (secondary N) is 1. The number of hydrogen-bond acceptors (Lipinski definition) is 3. The zero-order chi connectivity index (χ0) is 22.9. The highest BCUT2D eigenvalue weighted by Crippen LogP contribution is 2.32. The Morgan fingerprint density at radius 2 is 1.70 bits per heavy atom. The van der Waals surface area contributed by atoms with Crippen LogP contribution in [0, 0.1) is 0 Å². The maximum atomic E-state index is 13.7. The Labute approximate surface area is 191 Å². The molecule has 6 nitrogen and oxygen atoms in total. The molecule has 0 saturated heterocycles. The van der Waals surface area contributed by atoms with Crippen LogP contribution in [0.15, 0.2) is 78.9 Å². The van der Waals surface area contributed by atoms with Gasteiger partial charge in [-0.1, -0.05) is 54.6 Å². The number of carbonyl (C=O) groups is 1. The molecule has 0 aliphatic heterocycles. The highest BCUT2D eigenvalue weighted by molar-refractivity contribution is 6.10. The summed E-state index contributed by atoms with van der Waals surface area (Å²) >= 11 is 0. The molecule has 5 rings (SSSR count). The van der Waals surface area contributed by atoms with Crippen LogP contribution >= 0.6 is 0 Å². The van der Waals surface area contributed by atoms with Crippen LogP contribution in [0.5, 0.6) is 11.5 Å². The second kappa shape index (κ2) is 8.31. The van der Waals surface area contributed by atoms with Crippen molar-refractivity contribution < 1.29 is 18.8 Å². The van der Waals surface area contributed by atoms with Gasteiger partial charge in [-0.05, 0) is 30.4 Å². The minimum Gasteiger partial charge on any atom is -0.493 e. The van der Waals surface area contributed by atoms with Crippen molar-refractivity contribution in [2.45, 2.75) is 0 Å². The maximum Gasteiger partial charge on any atom is 0.368 e. The summed E-state index contributed by atoms with van der Waals surface area (Å²) in [7, 11) is 5.18. The number of aryl methyl sites for hydroxylation is 1. The van der Waals surface area contributed by atoms with Crippen molar-refractivity contribution in [2.24, 2.45) is 7.05 Å². The Hall–Kier alpha value is -4.32. The standard InChI is InChI=1S/C27H23N3O3/c1-29-20-13-7-8-14-21(20)30-25(24(28-27(29)30)18-10-5-4-6-11-18)22(31)17-16-19-12-9-15-23(32-2)26(19)33-3/h4-17H,1-3H3/p+1. The number of imidazole rings is 2. The molecule has 3 aromatic carbocycles. The van der Waals surface area contributed by atoms with E-state index in [1.54, 1.807) is 26.4 Å². The molecule has 164 valence electrons. The zero-order valence-electron chi connectivity index (χ0n) is 18.7. The number of nitrogens with zero attached hydrogens (tertiary/aromatic N) is 2. The number of para-hydroxylation sites is 3. The first-order chi connectivity index (χ1) is 16.1. The van der Waals surface area contributed by atoms with Crippen molar-refractivity contribution in [2.75, 3.05) is 14.2 Å². The number of H-pyrrole nitrogens is 1. The Morgan fingerprint density at radius 3 is 2.45 bits per heavy atom. The van der Waals surface area contributed by atoms with E-state index in [0.717, 1.165) is 33.6 Å². The van der Waals surface area contributed by atoms with E-state index >= 15 is 0 Å². The number of aromatic amines is 1. The second-order valence-electron chi connectivity index (χ2n) is 7.70. The summed E-state index contributed by atoms with van der Waals surface area (Å²) in [5.41, 5.74) is 5.06. The van der Waals surface area contributed by atoms with Gasteiger partial charge >= 0.3 is 5.78 Å². The largest absolute Gasteiger partial charge is 0.493 e. The molecule has 0 aliphatic carbocycles. The second-order valence-corrected chi connectivity index (χ2v) is 7.70. The molecule has 33 heavy (non-hydrogen) atoms. The molecular formula is C27H24N3O3+. The van der Waals surface area contributed by atoms with E-state index in [9.17, 15) is 4.79 Å². The molecular weight excluding hydrogens is 414 g/mol. The summed E-state index contributed by atoms with van der Waals surface area (Å²) in [5.74, 6) is 1.92. The summed E-state index contributed by atoms with van der Waals surface area (Å²) in [6, 6.07) is 23.5. The average molecular weight is 439 g/mol. The molecule has 0 spiro atoms. The van der Waals surface area contributed by atoms with E-state index in [4.69, 9.17) is 9.47 Å². The van der Waals surface area contributed by atoms with Gasteiger partial charge in [-0.15, -0.1) is 0 Å². The van der Waals surface area contributed by atoms with Gasteiger partial charge in [-0.3, -0.25) is 4.79 Å². The molecule has 0 fully saturated rings. The quantitative estimate of drug-likeness (QED) is 0.235. The molecule has 0 atom stereocenters. The van der Waals surface area contributed by atoms with Crippen molar-refractivity contribution >= 4 is 28.7 Å². The first-order valence-electron chi connectivity index (χ1n) is 10.6. The van der Waals surface area contributed by atoms with E-state index < -0.39 is 0 Å². The monoisotopic (exact) mass is 438 g/mol. The van der Waals surface area contributed by atoms with Gasteiger partial charge in [0.2, 0.25) is 5.78 Å². The van der Waals surface area contributed by atoms with E-state index in [0.29, 0.717) is 17.2 Å². The summed E-state index contributed by atoms with van der Waals surface area (Å²) < 4.78 is 15.0. The third kappa shape index (κ3) is 3.36. The number of benzene rings is 3. The Kier molecular flexibility index (Phi) is 5.18. The number of fused-ring (bicyclic) bond motifs is 3. The van der Waals surface area contributed by atoms with Crippen LogP contribution in [0.25, 0.3) is 34.1 Å². The SMILES string of the molecule is COc1cccc(C=CC(=O)c2c(-c3ccccc3)[nH]c3n2c2ccccc2[n+]3C)c1OC. The van der Waals surface area contributed by atoms with Gasteiger partial charge in [-0.2, -0.15) is 4.40 Å². The van der Waals surface area contributed by atoms with Gasteiger partial charge in [0.05, 0.1) is 21.3 Å². The Bertz CT molecular complexity index is 1510. The van der Waals surface area contributed by atoms with Crippen molar-refractivity contribution in [3.05, 3.63) is 90.1 Å². The smallest absolute Gasteiger partial charge is 0.368 e. The van der Waals surface area contributed by atoms with Crippen LogP contribution in [0.3, 0.4) is 0 Å². The van der Waals surface area contributed by atoms with Crippen molar-refractivity contribution in [1.82, 2.24) is 9.38 Å². The van der Waals surface area contributed by atoms with Crippen LogP contribution in [0.2, 0.25) is 0 Å². The Balaban J connectivity index is 1.71. The molecule has 5 aromatic rings. The third-order valence-corrected chi connectivity index (χ3v) is 5.85. The van der Waals surface area contributed by atoms with Crippen LogP contribution in [0.1, 0.15) is 16.1 Å². The fourth-order valence-corrected chi connectivity index (χ4v) is 4.30. The van der Waals surface area contributed by atoms with Crippen molar-refractivity contribution in [1.29, 1.82) is 0 Å². The molecule has 2 aromatic heterocycles. The predicted octanol–water partition coefficient (Wildman–Crippen LogP) is 4.83. The number of allylic oxidation sites excluding steroid dienone is 1. The predicted molar refractivity (Wildman–Crippen MR) is 129 cm³/mol. The van der Waals surface area contributed by atoms with Crippen LogP contribution < -0.4 is 14.0 Å². The molecule has 0 radical (unpaired) electrons. The minimum atomic E-state index is -0.119. The van der Waals surface area contributed by atoms with E-state index in [2.05, 4.69) is 9.55 Å². The highest BCUT2D eigenvalue weighted by Gasteiger charge is 2.29. The first-order valence-corrected chi connectivity index (χ1v) is 10.6. The van der Waals surface area contributed by atoms with Gasteiger partial charge in [-0.25, -0.2) is 9.55 Å². The molecule has 0 bridgehead atoms. The summed E-state index contributed by atoms with van der Waals surface area (Å²) in [5, 5.41) is 0. The number of methoxy groups -OCH3 is 2. The van der Waals surface area contributed by atoms with Gasteiger partial charge in [0.15, 0.2) is 17.2 Å². The number of rotatable bonds is 6. The zero-order valence-corrected chi connectivity index (χ0v) is 18.7. The lowest BCUT2D eigenvalue weighted by Crippen LogP contribution is -2.27. The Morgan fingerprint density at radius 1 is 0.939 bits per heavy atom. The molecule has 0 aliphatic rings. The molecule has 0 saturated carbocycles. The topological polar surface area (TPSA) is 59.6 Å². The van der Waals surface area contributed by atoms with Gasteiger partial charge in [0, 0.05) is 11.1 Å². The van der Waals surface area contributed by atoms with Gasteiger partial charge in [0.25, 0.3) is 0 Å². The number of carbonyl (C=O) groups excluding carboxylic acids is 1. The van der Waals surface area contributed by atoms with E-state index in [-0.39, 0.29) is 5.78 Å². The lowest BCUT2D eigenvalue weighted by atomic mass is 10.1. The summed E-state index contributed by atoms with van der Waals surface area (Å²) in [6.07, 6.45) is 3.35. The number of ketones is 1. The highest BCUT2D eigenvalue weighted by atomic mass is 16.5. The molecule has 6 heteroatoms. The fraction of sp³-hybridized carbons (Fsp3) is 0.111. The van der Waals surface area contributed by atoms with E-state index in [1.807, 2.05) is 84.2 Å². The fourth-order valence-electron chi connectivity index (χ4n) is 4.30. The summed E-state index contributed by atoms with van der Waals surface area (Å²) in [4.78, 5) is 17.2. The maximum absolute atomic E-state index is 13.7. The van der Waals surface area contributed by atoms with Gasteiger partial charge in [0.1, 0.15) is 16.7 Å². The van der Waals surface area contributed by atoms with Crippen molar-refractivity contribution in [3.63, 3.8) is 0 Å². The van der Waals surface area contributed by atoms with Crippen molar-refractivity contribution in [3.8, 4) is 22.8 Å². The number of hydrogen-bond donors (Lipinski definition) is 1. The number of ether oxygens (including phenoxy) is 2. The van der Waals surface area contributed by atoms with E-state index in [1.165, 1.54) is 0 Å². The molecule has 1 N–H and O–H groups in total. The van der Waals surface area contributed by atoms with Crippen LogP contribution in [-0.2, 0) is 7.05 Å². The lowest BCUT2D eigenvalue weighted by molar-refractivity contribution is -0.620. The summed E-state index contributed by atoms with van der Waals surface area (Å²) in [6.45, 7) is 0. The molecule has 0 unspecified atom stereocenters. The average Bonchev–Trinajstić information content (AvgIpc) is 3.39. The first kappa shape index (κ1) is 20.6. The lowest BCUT2D eigenvalue weighted by Gasteiger charge is -2.09. The van der Waals surface area contributed by atoms with Crippen LogP contribution in [-0.4, -0.2) is 29.4 Å². The van der Waals surface area contributed by atoms with Crippen LogP contribution in [0.4, 0.5) is 0 Å². The minimum absolute atomic E-state index is 0.119. The molecule has 2 heterocycles. The normalized spacial score (nSPS) is 11.5. The number of aromatic nitrogens is 3.